The number of hydrogen-bond donors (Lipinski definition) is 3. The fraction of sp³-hybridized carbons (Fsp3) is 0.214. The minimum Gasteiger partial charge on any atom is -0.497 e. The zero-order valence-corrected chi connectivity index (χ0v) is 21.4. The zero-order chi connectivity index (χ0) is 27.4. The van der Waals surface area contributed by atoms with Gasteiger partial charge in [-0.25, -0.2) is 14.4 Å². The van der Waals surface area contributed by atoms with Crippen molar-refractivity contribution in [2.24, 2.45) is 11.5 Å². The van der Waals surface area contributed by atoms with Crippen molar-refractivity contribution < 1.29 is 18.7 Å². The molecule has 0 saturated heterocycles. The number of para-hydroxylation sites is 1. The molecule has 9 nitrogen and oxygen atoms in total. The summed E-state index contributed by atoms with van der Waals surface area (Å²) in [5.41, 5.74) is 12.9. The van der Waals surface area contributed by atoms with Crippen LogP contribution in [0.3, 0.4) is 0 Å². The number of primary amides is 1. The monoisotopic (exact) mass is 516 g/mol. The van der Waals surface area contributed by atoms with E-state index in [1.54, 1.807) is 24.3 Å². The quantitative estimate of drug-likeness (QED) is 0.308. The van der Waals surface area contributed by atoms with Crippen molar-refractivity contribution >= 4 is 34.2 Å². The van der Waals surface area contributed by atoms with Gasteiger partial charge in [-0.2, -0.15) is 0 Å². The smallest absolute Gasteiger partial charge is 0.258 e. The van der Waals surface area contributed by atoms with Gasteiger partial charge in [-0.15, -0.1) is 0 Å². The molecule has 4 rings (SSSR count). The van der Waals surface area contributed by atoms with E-state index in [1.807, 2.05) is 37.1 Å². The number of nitrogens with two attached hydrogens (primary N) is 2. The first-order valence-electron chi connectivity index (χ1n) is 11.9. The highest BCUT2D eigenvalue weighted by atomic mass is 19.1. The Labute approximate surface area is 219 Å². The van der Waals surface area contributed by atoms with Crippen LogP contribution in [0.2, 0.25) is 0 Å². The largest absolute Gasteiger partial charge is 0.497 e. The van der Waals surface area contributed by atoms with E-state index >= 15 is 0 Å². The number of carbonyl (C=O) groups is 2. The lowest BCUT2D eigenvalue weighted by atomic mass is 9.86. The first kappa shape index (κ1) is 26.5. The minimum absolute atomic E-state index is 0.101. The number of aromatic nitrogens is 2. The highest BCUT2D eigenvalue weighted by Crippen LogP contribution is 2.37. The van der Waals surface area contributed by atoms with Crippen LogP contribution in [0.4, 0.5) is 15.9 Å². The SMILES string of the molecule is COc1ccc(C(=O)Nc2cccc(C(C)(CCN)N(C)c3ncnc4c(C(N)=O)cccc34)c2)c(F)c1. The van der Waals surface area contributed by atoms with Crippen LogP contribution < -0.4 is 26.4 Å². The molecule has 196 valence electrons. The molecule has 1 aromatic heterocycles. The van der Waals surface area contributed by atoms with Gasteiger partial charge in [0.15, 0.2) is 0 Å². The van der Waals surface area contributed by atoms with Gasteiger partial charge in [0.1, 0.15) is 23.7 Å². The highest BCUT2D eigenvalue weighted by molar-refractivity contribution is 6.07. The predicted molar refractivity (Wildman–Crippen MR) is 145 cm³/mol. The van der Waals surface area contributed by atoms with Gasteiger partial charge in [-0.1, -0.05) is 18.2 Å². The number of methoxy groups -OCH3 is 1. The standard InChI is InChI=1S/C28H29FN6O3/c1-28(12-13-30,35(2)26-22-9-5-8-21(25(31)36)24(22)32-16-33-26)17-6-4-7-18(14-17)34-27(37)20-11-10-19(38-3)15-23(20)29/h4-11,14-16H,12-13,30H2,1-3H3,(H2,31,36)(H,34,37). The maximum atomic E-state index is 14.5. The summed E-state index contributed by atoms with van der Waals surface area (Å²) < 4.78 is 19.5. The number of amides is 2. The number of halogens is 1. The lowest BCUT2D eigenvalue weighted by Crippen LogP contribution is -2.43. The Morgan fingerprint density at radius 2 is 1.84 bits per heavy atom. The lowest BCUT2D eigenvalue weighted by molar-refractivity contribution is 0.0998. The van der Waals surface area contributed by atoms with E-state index in [1.165, 1.54) is 25.6 Å². The first-order valence-corrected chi connectivity index (χ1v) is 11.9. The van der Waals surface area contributed by atoms with Gasteiger partial charge in [0.25, 0.3) is 11.8 Å². The van der Waals surface area contributed by atoms with E-state index in [2.05, 4.69) is 15.3 Å². The van der Waals surface area contributed by atoms with Crippen LogP contribution in [-0.2, 0) is 5.54 Å². The Balaban J connectivity index is 1.71. The molecule has 0 fully saturated rings. The summed E-state index contributed by atoms with van der Waals surface area (Å²) >= 11 is 0. The van der Waals surface area contributed by atoms with Crippen molar-refractivity contribution in [1.29, 1.82) is 0 Å². The van der Waals surface area contributed by atoms with E-state index in [4.69, 9.17) is 16.2 Å². The molecule has 0 aliphatic heterocycles. The molecule has 0 saturated carbocycles. The summed E-state index contributed by atoms with van der Waals surface area (Å²) in [6.07, 6.45) is 1.93. The third-order valence-corrected chi connectivity index (χ3v) is 6.76. The summed E-state index contributed by atoms with van der Waals surface area (Å²) in [6, 6.07) is 16.5. The summed E-state index contributed by atoms with van der Waals surface area (Å²) in [4.78, 5) is 35.6. The number of ether oxygens (including phenoxy) is 1. The van der Waals surface area contributed by atoms with Crippen LogP contribution in [0.5, 0.6) is 5.75 Å². The van der Waals surface area contributed by atoms with E-state index in [9.17, 15) is 14.0 Å². The second-order valence-corrected chi connectivity index (χ2v) is 9.02. The molecule has 1 unspecified atom stereocenters. The van der Waals surface area contributed by atoms with Crippen LogP contribution >= 0.6 is 0 Å². The Morgan fingerprint density at radius 3 is 2.53 bits per heavy atom. The van der Waals surface area contributed by atoms with Gasteiger partial charge in [0.05, 0.1) is 29.3 Å². The van der Waals surface area contributed by atoms with Crippen LogP contribution in [-0.4, -0.2) is 42.5 Å². The number of anilines is 2. The number of benzene rings is 3. The summed E-state index contributed by atoms with van der Waals surface area (Å²) in [5.74, 6) is -0.941. The van der Waals surface area contributed by atoms with Crippen LogP contribution in [0.25, 0.3) is 10.9 Å². The Hall–Kier alpha value is -4.57. The highest BCUT2D eigenvalue weighted by Gasteiger charge is 2.33. The molecule has 5 N–H and O–H groups in total. The predicted octanol–water partition coefficient (Wildman–Crippen LogP) is 3.83. The fourth-order valence-corrected chi connectivity index (χ4v) is 4.50. The van der Waals surface area contributed by atoms with Crippen LogP contribution in [0, 0.1) is 5.82 Å². The minimum atomic E-state index is -0.684. The lowest BCUT2D eigenvalue weighted by Gasteiger charge is -2.41. The van der Waals surface area contributed by atoms with Crippen LogP contribution in [0.15, 0.2) is 67.0 Å². The zero-order valence-electron chi connectivity index (χ0n) is 21.4. The Morgan fingerprint density at radius 1 is 1.08 bits per heavy atom. The summed E-state index contributed by atoms with van der Waals surface area (Å²) in [6.45, 7) is 2.37. The number of nitrogens with one attached hydrogen (secondary N) is 1. The third kappa shape index (κ3) is 4.98. The van der Waals surface area contributed by atoms with E-state index in [0.717, 1.165) is 11.6 Å². The molecule has 3 aromatic carbocycles. The average Bonchev–Trinajstić information content (AvgIpc) is 2.91. The van der Waals surface area contributed by atoms with Crippen molar-refractivity contribution in [3.63, 3.8) is 0 Å². The molecule has 38 heavy (non-hydrogen) atoms. The molecule has 0 radical (unpaired) electrons. The molecule has 4 aromatic rings. The van der Waals surface area contributed by atoms with Gasteiger partial charge in [-0.05, 0) is 61.9 Å². The molecule has 1 heterocycles. The second kappa shape index (κ2) is 10.8. The Kier molecular flexibility index (Phi) is 7.54. The van der Waals surface area contributed by atoms with E-state index in [0.29, 0.717) is 46.7 Å². The molecule has 0 aliphatic rings. The van der Waals surface area contributed by atoms with Crippen molar-refractivity contribution in [2.45, 2.75) is 18.9 Å². The van der Waals surface area contributed by atoms with Gasteiger partial charge in [0, 0.05) is 24.2 Å². The van der Waals surface area contributed by atoms with Crippen molar-refractivity contribution in [3.05, 3.63) is 89.5 Å². The maximum Gasteiger partial charge on any atom is 0.258 e. The molecule has 2 amide bonds. The fourth-order valence-electron chi connectivity index (χ4n) is 4.50. The Bertz CT molecular complexity index is 1510. The van der Waals surface area contributed by atoms with Gasteiger partial charge in [0.2, 0.25) is 0 Å². The third-order valence-electron chi connectivity index (χ3n) is 6.76. The van der Waals surface area contributed by atoms with Gasteiger partial charge in [-0.3, -0.25) is 9.59 Å². The molecule has 0 spiro atoms. The second-order valence-electron chi connectivity index (χ2n) is 9.02. The van der Waals surface area contributed by atoms with E-state index < -0.39 is 23.2 Å². The number of nitrogens with zero attached hydrogens (tertiary/aromatic N) is 3. The van der Waals surface area contributed by atoms with Crippen LogP contribution in [0.1, 0.15) is 39.6 Å². The summed E-state index contributed by atoms with van der Waals surface area (Å²) in [7, 11) is 3.31. The molecule has 0 bridgehead atoms. The van der Waals surface area contributed by atoms with E-state index in [-0.39, 0.29) is 5.56 Å². The first-order chi connectivity index (χ1) is 18.2. The molecule has 1 atom stereocenters. The normalized spacial score (nSPS) is 12.6. The summed E-state index contributed by atoms with van der Waals surface area (Å²) in [5, 5.41) is 3.43. The maximum absolute atomic E-state index is 14.5. The number of carbonyl (C=O) groups excluding carboxylic acids is 2. The number of rotatable bonds is 9. The van der Waals surface area contributed by atoms with Gasteiger partial charge < -0.3 is 26.4 Å². The topological polar surface area (TPSA) is 136 Å². The number of fused-ring (bicyclic) bond motifs is 1. The van der Waals surface area contributed by atoms with Gasteiger partial charge >= 0.3 is 0 Å². The van der Waals surface area contributed by atoms with Crippen molar-refractivity contribution in [2.75, 3.05) is 30.9 Å². The van der Waals surface area contributed by atoms with Crippen molar-refractivity contribution in [3.8, 4) is 5.75 Å². The molecular weight excluding hydrogens is 487 g/mol. The average molecular weight is 517 g/mol. The molecular formula is C28H29FN6O3. The molecule has 0 aliphatic carbocycles. The number of hydrogen-bond acceptors (Lipinski definition) is 7. The van der Waals surface area contributed by atoms with Crippen molar-refractivity contribution in [1.82, 2.24) is 9.97 Å². The molecule has 10 heteroatoms.